The van der Waals surface area contributed by atoms with Crippen LogP contribution < -0.4 is 20.1 Å². The van der Waals surface area contributed by atoms with Crippen LogP contribution >= 0.6 is 0 Å². The van der Waals surface area contributed by atoms with Gasteiger partial charge in [0.15, 0.2) is 0 Å². The SMILES string of the molecule is CCc1cc(Oc2c(C)cc(CC(NC(=O)CCO)C(=O)OC)cc2C)cc(C)c1OCCC(C)(C)OCC(C)(C)OCCNC(=O)OC(C)(C)C. The number of methoxy groups -OCH3 is 1. The van der Waals surface area contributed by atoms with E-state index in [1.165, 1.54) is 7.11 Å². The summed E-state index contributed by atoms with van der Waals surface area (Å²) in [5.41, 5.74) is 2.99. The van der Waals surface area contributed by atoms with Crippen LogP contribution in [-0.2, 0) is 41.4 Å². The standard InChI is InChI=1S/C40H62N2O10/c1-13-30-24-31(51-34-26(2)20-29(21-27(34)3)23-32(36(45)47-12)42-33(44)14-17-43)22-28(4)35(30)48-18-15-39(8,9)50-25-40(10,11)49-19-16-41-37(46)52-38(5,6)7/h20-22,24,32,43H,13-19,23,25H2,1-12H3,(H,41,46)(H,42,44). The molecule has 0 spiro atoms. The van der Waals surface area contributed by atoms with Crippen molar-refractivity contribution in [2.24, 2.45) is 0 Å². The molecule has 0 aliphatic rings. The molecule has 3 N–H and O–H groups in total. The van der Waals surface area contributed by atoms with E-state index < -0.39 is 40.8 Å². The van der Waals surface area contributed by atoms with Crippen LogP contribution in [-0.4, -0.2) is 86.0 Å². The molecule has 2 rings (SSSR count). The third kappa shape index (κ3) is 15.4. The van der Waals surface area contributed by atoms with Crippen molar-refractivity contribution in [2.45, 2.75) is 125 Å². The topological polar surface area (TPSA) is 151 Å². The number of aliphatic hydroxyl groups is 1. The van der Waals surface area contributed by atoms with Crippen molar-refractivity contribution in [3.63, 3.8) is 0 Å². The smallest absolute Gasteiger partial charge is 0.407 e. The molecule has 2 aromatic rings. The van der Waals surface area contributed by atoms with Crippen molar-refractivity contribution >= 4 is 18.0 Å². The van der Waals surface area contributed by atoms with Gasteiger partial charge in [-0.1, -0.05) is 19.1 Å². The summed E-state index contributed by atoms with van der Waals surface area (Å²) in [7, 11) is 1.28. The Balaban J connectivity index is 2.00. The van der Waals surface area contributed by atoms with Crippen LogP contribution in [0.25, 0.3) is 0 Å². The van der Waals surface area contributed by atoms with Crippen molar-refractivity contribution in [3.05, 3.63) is 52.1 Å². The second-order valence-electron chi connectivity index (χ2n) is 15.2. The predicted octanol–water partition coefficient (Wildman–Crippen LogP) is 6.43. The zero-order valence-electron chi connectivity index (χ0n) is 33.4. The van der Waals surface area contributed by atoms with Crippen LogP contribution in [0.15, 0.2) is 24.3 Å². The molecule has 0 saturated carbocycles. The molecular weight excluding hydrogens is 668 g/mol. The summed E-state index contributed by atoms with van der Waals surface area (Å²) in [5.74, 6) is 1.25. The number of aryl methyl sites for hydroxylation is 4. The second-order valence-corrected chi connectivity index (χ2v) is 15.2. The van der Waals surface area contributed by atoms with E-state index in [0.29, 0.717) is 44.3 Å². The molecule has 0 radical (unpaired) electrons. The van der Waals surface area contributed by atoms with E-state index in [1.807, 2.05) is 93.5 Å². The predicted molar refractivity (Wildman–Crippen MR) is 200 cm³/mol. The lowest BCUT2D eigenvalue weighted by Gasteiger charge is -2.32. The van der Waals surface area contributed by atoms with E-state index >= 15 is 0 Å². The van der Waals surface area contributed by atoms with Gasteiger partial charge in [-0.25, -0.2) is 9.59 Å². The van der Waals surface area contributed by atoms with E-state index in [4.69, 9.17) is 33.5 Å². The highest BCUT2D eigenvalue weighted by Gasteiger charge is 2.27. The Morgan fingerprint density at radius 3 is 2.06 bits per heavy atom. The number of nitrogens with one attached hydrogen (secondary N) is 2. The molecule has 52 heavy (non-hydrogen) atoms. The van der Waals surface area contributed by atoms with Gasteiger partial charge < -0.3 is 44.2 Å². The van der Waals surface area contributed by atoms with Crippen LogP contribution in [0.4, 0.5) is 4.79 Å². The number of hydrogen-bond acceptors (Lipinski definition) is 10. The molecule has 0 fully saturated rings. The first-order valence-corrected chi connectivity index (χ1v) is 18.0. The maximum absolute atomic E-state index is 12.4. The fourth-order valence-corrected chi connectivity index (χ4v) is 5.39. The van der Waals surface area contributed by atoms with Crippen LogP contribution in [0, 0.1) is 20.8 Å². The van der Waals surface area contributed by atoms with Gasteiger partial charge in [0, 0.05) is 25.8 Å². The van der Waals surface area contributed by atoms with Gasteiger partial charge in [0.05, 0.1) is 44.7 Å². The highest BCUT2D eigenvalue weighted by Crippen LogP contribution is 2.35. The third-order valence-corrected chi connectivity index (χ3v) is 8.07. The lowest BCUT2D eigenvalue weighted by atomic mass is 9.99. The third-order valence-electron chi connectivity index (χ3n) is 8.07. The molecule has 2 amide bonds. The Morgan fingerprint density at radius 2 is 1.48 bits per heavy atom. The summed E-state index contributed by atoms with van der Waals surface area (Å²) in [5, 5.41) is 14.4. The molecule has 1 unspecified atom stereocenters. The Kier molecular flexibility index (Phi) is 16.9. The molecule has 0 bridgehead atoms. The lowest BCUT2D eigenvalue weighted by molar-refractivity contribution is -0.145. The number of carbonyl (C=O) groups excluding carboxylic acids is 3. The fourth-order valence-electron chi connectivity index (χ4n) is 5.39. The van der Waals surface area contributed by atoms with Crippen molar-refractivity contribution < 1.29 is 47.9 Å². The minimum Gasteiger partial charge on any atom is -0.493 e. The zero-order valence-corrected chi connectivity index (χ0v) is 33.4. The minimum atomic E-state index is -0.874. The van der Waals surface area contributed by atoms with E-state index in [1.54, 1.807) is 0 Å². The molecule has 2 aromatic carbocycles. The highest BCUT2D eigenvalue weighted by molar-refractivity contribution is 5.84. The van der Waals surface area contributed by atoms with Gasteiger partial charge >= 0.3 is 12.1 Å². The maximum Gasteiger partial charge on any atom is 0.407 e. The summed E-state index contributed by atoms with van der Waals surface area (Å²) >= 11 is 0. The normalized spacial score (nSPS) is 12.6. The molecule has 0 saturated heterocycles. The molecule has 0 heterocycles. The van der Waals surface area contributed by atoms with Crippen LogP contribution in [0.2, 0.25) is 0 Å². The van der Waals surface area contributed by atoms with Crippen molar-refractivity contribution in [1.82, 2.24) is 10.6 Å². The van der Waals surface area contributed by atoms with E-state index in [0.717, 1.165) is 40.0 Å². The zero-order chi connectivity index (χ0) is 39.3. The monoisotopic (exact) mass is 730 g/mol. The molecule has 0 aromatic heterocycles. The first-order valence-electron chi connectivity index (χ1n) is 18.0. The van der Waals surface area contributed by atoms with Crippen molar-refractivity contribution in [1.29, 1.82) is 0 Å². The molecule has 0 aliphatic carbocycles. The average molecular weight is 731 g/mol. The summed E-state index contributed by atoms with van der Waals surface area (Å²) in [6.07, 6.45) is 1.06. The molecule has 1 atom stereocenters. The number of esters is 1. The largest absolute Gasteiger partial charge is 0.493 e. The van der Waals surface area contributed by atoms with Gasteiger partial charge in [-0.15, -0.1) is 0 Å². The highest BCUT2D eigenvalue weighted by atomic mass is 16.6. The molecular formula is C40H62N2O10. The van der Waals surface area contributed by atoms with Crippen LogP contribution in [0.5, 0.6) is 17.2 Å². The van der Waals surface area contributed by atoms with Crippen molar-refractivity contribution in [3.8, 4) is 17.2 Å². The van der Waals surface area contributed by atoms with Gasteiger partial charge in [-0.3, -0.25) is 4.79 Å². The second kappa shape index (κ2) is 19.8. The average Bonchev–Trinajstić information content (AvgIpc) is 3.03. The van der Waals surface area contributed by atoms with Crippen LogP contribution in [0.1, 0.15) is 96.0 Å². The maximum atomic E-state index is 12.4. The Bertz CT molecular complexity index is 1470. The molecule has 12 nitrogen and oxygen atoms in total. The molecule has 292 valence electrons. The molecule has 0 aliphatic heterocycles. The van der Waals surface area contributed by atoms with Gasteiger partial charge in [-0.05, 0) is 116 Å². The Labute approximate surface area is 310 Å². The number of alkyl carbamates (subject to hydrolysis) is 1. The quantitative estimate of drug-likeness (QED) is 0.103. The first kappa shape index (κ1) is 44.3. The minimum absolute atomic E-state index is 0.0949. The lowest BCUT2D eigenvalue weighted by Crippen LogP contribution is -2.43. The summed E-state index contributed by atoms with van der Waals surface area (Å²) in [6.45, 7) is 22.5. The van der Waals surface area contributed by atoms with E-state index in [-0.39, 0.29) is 19.4 Å². The summed E-state index contributed by atoms with van der Waals surface area (Å²) < 4.78 is 35.1. The fraction of sp³-hybridized carbons (Fsp3) is 0.625. The van der Waals surface area contributed by atoms with Gasteiger partial charge in [0.2, 0.25) is 5.91 Å². The number of ether oxygens (including phenoxy) is 6. The van der Waals surface area contributed by atoms with Gasteiger partial charge in [0.1, 0.15) is 28.9 Å². The number of carbonyl (C=O) groups is 3. The number of benzene rings is 2. The van der Waals surface area contributed by atoms with E-state index in [2.05, 4.69) is 17.6 Å². The van der Waals surface area contributed by atoms with Gasteiger partial charge in [0.25, 0.3) is 0 Å². The van der Waals surface area contributed by atoms with Crippen LogP contribution in [0.3, 0.4) is 0 Å². The molecule has 12 heteroatoms. The number of hydrogen-bond donors (Lipinski definition) is 3. The van der Waals surface area contributed by atoms with E-state index in [9.17, 15) is 14.4 Å². The Hall–Kier alpha value is -3.87. The number of amides is 2. The summed E-state index contributed by atoms with van der Waals surface area (Å²) in [4.78, 5) is 36.3. The Morgan fingerprint density at radius 1 is 0.846 bits per heavy atom. The first-order chi connectivity index (χ1) is 24.2. The number of rotatable bonds is 20. The van der Waals surface area contributed by atoms with Gasteiger partial charge in [-0.2, -0.15) is 0 Å². The number of aliphatic hydroxyl groups excluding tert-OH is 1. The summed E-state index contributed by atoms with van der Waals surface area (Å²) in [6, 6.07) is 6.95. The van der Waals surface area contributed by atoms with Crippen molar-refractivity contribution in [2.75, 3.05) is 40.1 Å².